The lowest BCUT2D eigenvalue weighted by Gasteiger charge is -2.29. The number of nitrogens with one attached hydrogen (secondary N) is 2. The van der Waals surface area contributed by atoms with Crippen LogP contribution in [0, 0.1) is 11.7 Å². The molecule has 1 aliphatic rings. The van der Waals surface area contributed by atoms with Crippen molar-refractivity contribution in [1.82, 2.24) is 15.5 Å². The fraction of sp³-hybridized carbons (Fsp3) is 0.520. The molecule has 2 aromatic carbocycles. The van der Waals surface area contributed by atoms with Gasteiger partial charge in [-0.15, -0.1) is 0 Å². The fourth-order valence-electron chi connectivity index (χ4n) is 3.73. The number of rotatable bonds is 10. The van der Waals surface area contributed by atoms with Gasteiger partial charge in [0, 0.05) is 37.3 Å². The van der Waals surface area contributed by atoms with Gasteiger partial charge in [0.2, 0.25) is 0 Å². The third kappa shape index (κ3) is 7.08. The highest BCUT2D eigenvalue weighted by Gasteiger charge is 2.16. The Hall–Kier alpha value is -1.95. The van der Waals surface area contributed by atoms with Crippen LogP contribution in [0.25, 0.3) is 0 Å². The maximum atomic E-state index is 14.4. The van der Waals surface area contributed by atoms with Crippen molar-refractivity contribution in [2.75, 3.05) is 26.7 Å². The standard InChI is InChI=1S/C25H36FN3O/c1-19(2)18-30-24-9-8-22(25(26)14-24)16-27-15-20-6-4-5-7-21(20)17-28-23-10-12-29(3)13-11-23/h4-9,14,19,23,27-28H,10-13,15-18H2,1-3H3. The van der Waals surface area contributed by atoms with Gasteiger partial charge in [-0.1, -0.05) is 44.2 Å². The molecule has 0 amide bonds. The van der Waals surface area contributed by atoms with Crippen molar-refractivity contribution in [3.63, 3.8) is 0 Å². The van der Waals surface area contributed by atoms with Crippen molar-refractivity contribution in [2.24, 2.45) is 5.92 Å². The summed E-state index contributed by atoms with van der Waals surface area (Å²) in [5.74, 6) is 0.791. The summed E-state index contributed by atoms with van der Waals surface area (Å²) >= 11 is 0. The largest absolute Gasteiger partial charge is 0.493 e. The summed E-state index contributed by atoms with van der Waals surface area (Å²) in [6.45, 7) is 9.16. The van der Waals surface area contributed by atoms with Crippen molar-refractivity contribution >= 4 is 0 Å². The van der Waals surface area contributed by atoms with Crippen LogP contribution in [0.5, 0.6) is 5.75 Å². The van der Waals surface area contributed by atoms with Gasteiger partial charge in [-0.25, -0.2) is 4.39 Å². The Balaban J connectivity index is 1.49. The predicted octanol–water partition coefficient (Wildman–Crippen LogP) is 4.33. The second-order valence-corrected chi connectivity index (χ2v) is 8.79. The highest BCUT2D eigenvalue weighted by molar-refractivity contribution is 5.30. The number of hydrogen-bond acceptors (Lipinski definition) is 4. The number of halogens is 1. The van der Waals surface area contributed by atoms with Gasteiger partial charge in [0.25, 0.3) is 0 Å². The SMILES string of the molecule is CC(C)COc1ccc(CNCc2ccccc2CNC2CCN(C)CC2)c(F)c1. The van der Waals surface area contributed by atoms with Crippen LogP contribution in [0.4, 0.5) is 4.39 Å². The Morgan fingerprint density at radius 2 is 1.67 bits per heavy atom. The number of benzene rings is 2. The lowest BCUT2D eigenvalue weighted by molar-refractivity contribution is 0.234. The Morgan fingerprint density at radius 1 is 1.00 bits per heavy atom. The van der Waals surface area contributed by atoms with Gasteiger partial charge in [0.15, 0.2) is 0 Å². The first kappa shape index (κ1) is 22.7. The van der Waals surface area contributed by atoms with Gasteiger partial charge in [-0.3, -0.25) is 0 Å². The number of hydrogen-bond donors (Lipinski definition) is 2. The zero-order valence-electron chi connectivity index (χ0n) is 18.6. The fourth-order valence-corrected chi connectivity index (χ4v) is 3.73. The summed E-state index contributed by atoms with van der Waals surface area (Å²) in [4.78, 5) is 2.39. The van der Waals surface area contributed by atoms with E-state index in [0.717, 1.165) is 26.2 Å². The first-order chi connectivity index (χ1) is 14.5. The molecule has 0 radical (unpaired) electrons. The van der Waals surface area contributed by atoms with Crippen LogP contribution in [-0.4, -0.2) is 37.7 Å². The molecule has 3 rings (SSSR count). The summed E-state index contributed by atoms with van der Waals surface area (Å²) in [5.41, 5.74) is 3.23. The molecule has 0 spiro atoms. The van der Waals surface area contributed by atoms with Gasteiger partial charge < -0.3 is 20.3 Å². The Morgan fingerprint density at radius 3 is 2.33 bits per heavy atom. The average molecular weight is 414 g/mol. The smallest absolute Gasteiger partial charge is 0.131 e. The van der Waals surface area contributed by atoms with Crippen molar-refractivity contribution in [3.05, 3.63) is 65.0 Å². The second-order valence-electron chi connectivity index (χ2n) is 8.79. The van der Waals surface area contributed by atoms with E-state index >= 15 is 0 Å². The molecule has 2 aromatic rings. The topological polar surface area (TPSA) is 36.5 Å². The zero-order chi connectivity index (χ0) is 21.3. The van der Waals surface area contributed by atoms with E-state index in [-0.39, 0.29) is 5.82 Å². The molecule has 1 aliphatic heterocycles. The predicted molar refractivity (Wildman–Crippen MR) is 121 cm³/mol. The van der Waals surface area contributed by atoms with E-state index in [1.54, 1.807) is 0 Å². The number of ether oxygens (including phenoxy) is 1. The molecule has 5 heteroatoms. The molecule has 1 fully saturated rings. The lowest BCUT2D eigenvalue weighted by atomic mass is 10.0. The summed E-state index contributed by atoms with van der Waals surface area (Å²) in [6, 6.07) is 14.2. The van der Waals surface area contributed by atoms with Crippen molar-refractivity contribution in [3.8, 4) is 5.75 Å². The maximum Gasteiger partial charge on any atom is 0.131 e. The van der Waals surface area contributed by atoms with Gasteiger partial charge in [-0.05, 0) is 56.1 Å². The third-order valence-electron chi connectivity index (χ3n) is 5.66. The van der Waals surface area contributed by atoms with E-state index in [9.17, 15) is 4.39 Å². The van der Waals surface area contributed by atoms with E-state index in [1.807, 2.05) is 12.1 Å². The summed E-state index contributed by atoms with van der Waals surface area (Å²) in [7, 11) is 2.19. The van der Waals surface area contributed by atoms with Crippen LogP contribution < -0.4 is 15.4 Å². The molecule has 1 saturated heterocycles. The average Bonchev–Trinajstić information content (AvgIpc) is 2.74. The molecule has 0 atom stereocenters. The van der Waals surface area contributed by atoms with Gasteiger partial charge in [0.1, 0.15) is 11.6 Å². The third-order valence-corrected chi connectivity index (χ3v) is 5.66. The van der Waals surface area contributed by atoms with Crippen molar-refractivity contribution in [1.29, 1.82) is 0 Å². The molecule has 0 unspecified atom stereocenters. The second kappa shape index (κ2) is 11.4. The molecular weight excluding hydrogens is 377 g/mol. The number of piperidine rings is 1. The highest BCUT2D eigenvalue weighted by atomic mass is 19.1. The van der Waals surface area contributed by atoms with Crippen molar-refractivity contribution in [2.45, 2.75) is 52.4 Å². The molecule has 0 aromatic heterocycles. The van der Waals surface area contributed by atoms with E-state index in [0.29, 0.717) is 36.4 Å². The minimum Gasteiger partial charge on any atom is -0.493 e. The molecule has 164 valence electrons. The normalized spacial score (nSPS) is 15.6. The van der Waals surface area contributed by atoms with E-state index < -0.39 is 0 Å². The zero-order valence-corrected chi connectivity index (χ0v) is 18.6. The molecule has 30 heavy (non-hydrogen) atoms. The molecule has 0 saturated carbocycles. The van der Waals surface area contributed by atoms with Crippen LogP contribution in [-0.2, 0) is 19.6 Å². The minimum absolute atomic E-state index is 0.221. The molecule has 0 bridgehead atoms. The van der Waals surface area contributed by atoms with E-state index in [1.165, 1.54) is 30.0 Å². The van der Waals surface area contributed by atoms with E-state index in [4.69, 9.17) is 4.74 Å². The summed E-state index contributed by atoms with van der Waals surface area (Å²) in [5, 5.41) is 7.11. The molecule has 1 heterocycles. The first-order valence-electron chi connectivity index (χ1n) is 11.1. The van der Waals surface area contributed by atoms with Crippen LogP contribution in [0.3, 0.4) is 0 Å². The monoisotopic (exact) mass is 413 g/mol. The molecule has 4 nitrogen and oxygen atoms in total. The highest BCUT2D eigenvalue weighted by Crippen LogP contribution is 2.18. The van der Waals surface area contributed by atoms with Gasteiger partial charge in [-0.2, -0.15) is 0 Å². The Bertz CT molecular complexity index is 788. The van der Waals surface area contributed by atoms with E-state index in [2.05, 4.69) is 60.7 Å². The summed E-state index contributed by atoms with van der Waals surface area (Å²) in [6.07, 6.45) is 2.40. The van der Waals surface area contributed by atoms with Crippen LogP contribution in [0.15, 0.2) is 42.5 Å². The Labute approximate surface area is 180 Å². The molecule has 0 aliphatic carbocycles. The van der Waals surface area contributed by atoms with Crippen LogP contribution >= 0.6 is 0 Å². The minimum atomic E-state index is -0.221. The van der Waals surface area contributed by atoms with Crippen molar-refractivity contribution < 1.29 is 9.13 Å². The van der Waals surface area contributed by atoms with Crippen LogP contribution in [0.1, 0.15) is 43.4 Å². The first-order valence-corrected chi connectivity index (χ1v) is 11.1. The van der Waals surface area contributed by atoms with Gasteiger partial charge in [0.05, 0.1) is 6.61 Å². The molecular formula is C25H36FN3O. The lowest BCUT2D eigenvalue weighted by Crippen LogP contribution is -2.40. The van der Waals surface area contributed by atoms with Crippen LogP contribution in [0.2, 0.25) is 0 Å². The summed E-state index contributed by atoms with van der Waals surface area (Å²) < 4.78 is 20.0. The number of likely N-dealkylation sites (tertiary alicyclic amines) is 1. The van der Waals surface area contributed by atoms with Gasteiger partial charge >= 0.3 is 0 Å². The maximum absolute atomic E-state index is 14.4. The quantitative estimate of drug-likeness (QED) is 0.608. The number of nitrogens with zero attached hydrogens (tertiary/aromatic N) is 1. The Kier molecular flexibility index (Phi) is 8.67. The molecule has 2 N–H and O–H groups in total.